The number of morpholine rings is 1. The van der Waals surface area contributed by atoms with Crippen molar-refractivity contribution in [1.82, 2.24) is 10.3 Å². The second kappa shape index (κ2) is 7.04. The van der Waals surface area contributed by atoms with Crippen LogP contribution in [0.15, 0.2) is 6.20 Å². The van der Waals surface area contributed by atoms with Gasteiger partial charge in [0.1, 0.15) is 0 Å². The molecule has 1 aliphatic heterocycles. The van der Waals surface area contributed by atoms with Crippen LogP contribution in [0.3, 0.4) is 0 Å². The third-order valence-electron chi connectivity index (χ3n) is 2.84. The van der Waals surface area contributed by atoms with Crippen LogP contribution in [0.2, 0.25) is 0 Å². The average Bonchev–Trinajstić information content (AvgIpc) is 2.83. The van der Waals surface area contributed by atoms with Crippen molar-refractivity contribution in [3.05, 3.63) is 11.1 Å². The number of aromatic nitrogens is 1. The van der Waals surface area contributed by atoms with Crippen LogP contribution in [0.5, 0.6) is 0 Å². The number of thiazole rings is 1. The zero-order valence-corrected chi connectivity index (χ0v) is 11.8. The molecule has 1 unspecified atom stereocenters. The van der Waals surface area contributed by atoms with E-state index >= 15 is 0 Å². The molecule has 1 saturated heterocycles. The lowest BCUT2D eigenvalue weighted by Crippen LogP contribution is -2.41. The summed E-state index contributed by atoms with van der Waals surface area (Å²) in [6.07, 6.45) is 2.26. The Morgan fingerprint density at radius 2 is 2.56 bits per heavy atom. The molecule has 1 aliphatic rings. The molecule has 0 radical (unpaired) electrons. The highest BCUT2D eigenvalue weighted by Gasteiger charge is 2.19. The minimum Gasteiger partial charge on any atom is -0.383 e. The van der Waals surface area contributed by atoms with Gasteiger partial charge >= 0.3 is 0 Å². The van der Waals surface area contributed by atoms with E-state index in [1.807, 2.05) is 6.20 Å². The molecule has 0 bridgehead atoms. The molecule has 1 fully saturated rings. The van der Waals surface area contributed by atoms with Crippen LogP contribution in [0.25, 0.3) is 0 Å². The lowest BCUT2D eigenvalue weighted by atomic mass is 10.3. The molecule has 1 atom stereocenters. The molecule has 0 aromatic carbocycles. The molecule has 2 rings (SSSR count). The standard InChI is InChI=1S/C12H21N3O2S/c1-10-9-15(4-6-17-10)12-14-8-11(18-12)7-13-3-5-16-2/h8,10,13H,3-7,9H2,1-2H3. The largest absolute Gasteiger partial charge is 0.383 e. The summed E-state index contributed by atoms with van der Waals surface area (Å²) < 4.78 is 10.5. The van der Waals surface area contributed by atoms with Gasteiger partial charge in [-0.1, -0.05) is 0 Å². The smallest absolute Gasteiger partial charge is 0.185 e. The zero-order valence-electron chi connectivity index (χ0n) is 11.0. The number of hydrogen-bond acceptors (Lipinski definition) is 6. The summed E-state index contributed by atoms with van der Waals surface area (Å²) in [6, 6.07) is 0. The maximum atomic E-state index is 5.54. The third-order valence-corrected chi connectivity index (χ3v) is 3.89. The molecule has 0 aliphatic carbocycles. The minimum absolute atomic E-state index is 0.297. The van der Waals surface area contributed by atoms with Gasteiger partial charge in [-0.25, -0.2) is 4.98 Å². The van der Waals surface area contributed by atoms with Crippen LogP contribution in [0, 0.1) is 0 Å². The van der Waals surface area contributed by atoms with Crippen LogP contribution < -0.4 is 10.2 Å². The van der Waals surface area contributed by atoms with Crippen molar-refractivity contribution in [3.8, 4) is 0 Å². The molecule has 1 aromatic rings. The Morgan fingerprint density at radius 1 is 1.67 bits per heavy atom. The van der Waals surface area contributed by atoms with Gasteiger partial charge in [0, 0.05) is 44.4 Å². The average molecular weight is 271 g/mol. The van der Waals surface area contributed by atoms with Crippen molar-refractivity contribution in [2.45, 2.75) is 19.6 Å². The highest BCUT2D eigenvalue weighted by molar-refractivity contribution is 7.15. The first-order valence-corrected chi connectivity index (χ1v) is 7.12. The summed E-state index contributed by atoms with van der Waals surface area (Å²) in [6.45, 7) is 7.25. The molecule has 1 aromatic heterocycles. The maximum absolute atomic E-state index is 5.54. The Balaban J connectivity index is 1.81. The third kappa shape index (κ3) is 3.91. The first-order valence-electron chi connectivity index (χ1n) is 6.30. The molecule has 6 heteroatoms. The van der Waals surface area contributed by atoms with Gasteiger partial charge in [-0.3, -0.25) is 0 Å². The van der Waals surface area contributed by atoms with Crippen molar-refractivity contribution in [1.29, 1.82) is 0 Å². The topological polar surface area (TPSA) is 46.6 Å². The van der Waals surface area contributed by atoms with Gasteiger partial charge in [-0.2, -0.15) is 0 Å². The Kier molecular flexibility index (Phi) is 5.37. The van der Waals surface area contributed by atoms with Gasteiger partial charge in [0.2, 0.25) is 0 Å². The van der Waals surface area contributed by atoms with E-state index in [4.69, 9.17) is 9.47 Å². The van der Waals surface area contributed by atoms with Crippen molar-refractivity contribution in [2.24, 2.45) is 0 Å². The van der Waals surface area contributed by atoms with Gasteiger partial charge < -0.3 is 19.7 Å². The van der Waals surface area contributed by atoms with Crippen LogP contribution in [-0.4, -0.2) is 51.0 Å². The van der Waals surface area contributed by atoms with Gasteiger partial charge in [-0.05, 0) is 6.92 Å². The molecular formula is C12H21N3O2S. The number of nitrogens with one attached hydrogen (secondary N) is 1. The van der Waals surface area contributed by atoms with E-state index in [9.17, 15) is 0 Å². The molecule has 0 spiro atoms. The predicted octanol–water partition coefficient (Wildman–Crippen LogP) is 1.10. The summed E-state index contributed by atoms with van der Waals surface area (Å²) in [5.41, 5.74) is 0. The normalized spacial score (nSPS) is 20.3. The van der Waals surface area contributed by atoms with Crippen LogP contribution >= 0.6 is 11.3 Å². The first-order chi connectivity index (χ1) is 8.79. The second-order valence-corrected chi connectivity index (χ2v) is 5.50. The second-order valence-electron chi connectivity index (χ2n) is 4.41. The number of methoxy groups -OCH3 is 1. The molecule has 0 amide bonds. The van der Waals surface area contributed by atoms with E-state index in [1.165, 1.54) is 4.88 Å². The summed E-state index contributed by atoms with van der Waals surface area (Å²) in [5.74, 6) is 0. The van der Waals surface area contributed by atoms with Crippen LogP contribution in [0.4, 0.5) is 5.13 Å². The highest BCUT2D eigenvalue weighted by atomic mass is 32.1. The fourth-order valence-electron chi connectivity index (χ4n) is 1.90. The summed E-state index contributed by atoms with van der Waals surface area (Å²) in [5, 5.41) is 4.44. The number of nitrogens with zero attached hydrogens (tertiary/aromatic N) is 2. The van der Waals surface area contributed by atoms with Crippen LogP contribution in [0.1, 0.15) is 11.8 Å². The van der Waals surface area contributed by atoms with Crippen LogP contribution in [-0.2, 0) is 16.0 Å². The van der Waals surface area contributed by atoms with Crippen molar-refractivity contribution >= 4 is 16.5 Å². The Morgan fingerprint density at radius 3 is 3.33 bits per heavy atom. The van der Waals surface area contributed by atoms with E-state index in [0.29, 0.717) is 6.10 Å². The van der Waals surface area contributed by atoms with Gasteiger partial charge in [0.05, 0.1) is 19.3 Å². The number of rotatable bonds is 6. The van der Waals surface area contributed by atoms with E-state index in [1.54, 1.807) is 18.4 Å². The number of anilines is 1. The monoisotopic (exact) mass is 271 g/mol. The molecule has 0 saturated carbocycles. The molecule has 102 valence electrons. The Hall–Kier alpha value is -0.690. The summed E-state index contributed by atoms with van der Waals surface area (Å²) in [4.78, 5) is 8.06. The van der Waals surface area contributed by atoms with E-state index < -0.39 is 0 Å². The SMILES string of the molecule is COCCNCc1cnc(N2CCOC(C)C2)s1. The van der Waals surface area contributed by atoms with Crippen molar-refractivity contribution < 1.29 is 9.47 Å². The first kappa shape index (κ1) is 13.7. The fraction of sp³-hybridized carbons (Fsp3) is 0.750. The minimum atomic E-state index is 0.297. The lowest BCUT2D eigenvalue weighted by Gasteiger charge is -2.30. The summed E-state index contributed by atoms with van der Waals surface area (Å²) >= 11 is 1.76. The Labute approximate surface area is 112 Å². The quantitative estimate of drug-likeness (QED) is 0.785. The maximum Gasteiger partial charge on any atom is 0.185 e. The van der Waals surface area contributed by atoms with Gasteiger partial charge in [0.25, 0.3) is 0 Å². The molecule has 18 heavy (non-hydrogen) atoms. The fourth-order valence-corrected chi connectivity index (χ4v) is 2.82. The predicted molar refractivity (Wildman–Crippen MR) is 73.3 cm³/mol. The summed E-state index contributed by atoms with van der Waals surface area (Å²) in [7, 11) is 1.71. The lowest BCUT2D eigenvalue weighted by molar-refractivity contribution is 0.0532. The molecule has 5 nitrogen and oxygen atoms in total. The van der Waals surface area contributed by atoms with E-state index in [-0.39, 0.29) is 0 Å². The molecule has 1 N–H and O–H groups in total. The van der Waals surface area contributed by atoms with E-state index in [2.05, 4.69) is 22.1 Å². The highest BCUT2D eigenvalue weighted by Crippen LogP contribution is 2.24. The number of ether oxygens (including phenoxy) is 2. The van der Waals surface area contributed by atoms with E-state index in [0.717, 1.165) is 44.5 Å². The zero-order chi connectivity index (χ0) is 12.8. The molecular weight excluding hydrogens is 250 g/mol. The molecule has 2 heterocycles. The van der Waals surface area contributed by atoms with Crippen molar-refractivity contribution in [2.75, 3.05) is 44.9 Å². The van der Waals surface area contributed by atoms with Gasteiger partial charge in [-0.15, -0.1) is 11.3 Å². The number of hydrogen-bond donors (Lipinski definition) is 1. The van der Waals surface area contributed by atoms with Crippen molar-refractivity contribution in [3.63, 3.8) is 0 Å². The Bertz CT molecular complexity index is 359. The van der Waals surface area contributed by atoms with Gasteiger partial charge in [0.15, 0.2) is 5.13 Å².